The van der Waals surface area contributed by atoms with E-state index in [4.69, 9.17) is 4.74 Å². The molecule has 1 aliphatic rings. The fourth-order valence-corrected chi connectivity index (χ4v) is 3.92. The van der Waals surface area contributed by atoms with Crippen molar-refractivity contribution in [1.29, 1.82) is 0 Å². The van der Waals surface area contributed by atoms with E-state index in [0.29, 0.717) is 11.7 Å². The van der Waals surface area contributed by atoms with Crippen LogP contribution in [-0.2, 0) is 16.6 Å². The van der Waals surface area contributed by atoms with Gasteiger partial charge < -0.3 is 4.74 Å². The van der Waals surface area contributed by atoms with Crippen LogP contribution < -0.4 is 9.46 Å². The molecule has 1 fully saturated rings. The van der Waals surface area contributed by atoms with E-state index >= 15 is 0 Å². The summed E-state index contributed by atoms with van der Waals surface area (Å²) in [6.45, 7) is 0.220. The highest BCUT2D eigenvalue weighted by molar-refractivity contribution is 7.89. The lowest BCUT2D eigenvalue weighted by atomic mass is 10.3. The molecular formula is C14H16N2O3S2. The molecule has 1 aliphatic carbocycles. The zero-order valence-corrected chi connectivity index (χ0v) is 13.2. The van der Waals surface area contributed by atoms with Gasteiger partial charge in [-0.1, -0.05) is 0 Å². The van der Waals surface area contributed by atoms with Crippen molar-refractivity contribution in [2.75, 3.05) is 7.11 Å². The molecule has 7 heteroatoms. The fourth-order valence-electron chi connectivity index (χ4n) is 1.93. The van der Waals surface area contributed by atoms with Crippen LogP contribution in [0.25, 0.3) is 0 Å². The van der Waals surface area contributed by atoms with Gasteiger partial charge in [0.2, 0.25) is 10.0 Å². The zero-order valence-electron chi connectivity index (χ0n) is 11.6. The summed E-state index contributed by atoms with van der Waals surface area (Å²) >= 11 is 1.61. The molecule has 0 radical (unpaired) electrons. The van der Waals surface area contributed by atoms with Crippen molar-refractivity contribution in [3.05, 3.63) is 40.3 Å². The Bertz CT molecular complexity index is 719. The standard InChI is InChI=1S/C14H16N2O3S2/c1-19-12-4-6-13(7-5-12)21(17,18)15-8-11-9-20-14(16-11)10-2-3-10/h4-7,9-10,15H,2-3,8H2,1H3. The Morgan fingerprint density at radius 3 is 2.67 bits per heavy atom. The van der Waals surface area contributed by atoms with Gasteiger partial charge in [-0.2, -0.15) is 0 Å². The lowest BCUT2D eigenvalue weighted by Crippen LogP contribution is -2.23. The van der Waals surface area contributed by atoms with Crippen molar-refractivity contribution in [2.45, 2.75) is 30.2 Å². The van der Waals surface area contributed by atoms with E-state index in [1.54, 1.807) is 30.6 Å². The van der Waals surface area contributed by atoms with E-state index in [0.717, 1.165) is 10.7 Å². The Morgan fingerprint density at radius 1 is 1.33 bits per heavy atom. The van der Waals surface area contributed by atoms with E-state index in [1.807, 2.05) is 5.38 Å². The molecule has 0 saturated heterocycles. The van der Waals surface area contributed by atoms with Gasteiger partial charge in [0.05, 0.1) is 29.3 Å². The van der Waals surface area contributed by atoms with Crippen LogP contribution in [-0.4, -0.2) is 20.5 Å². The molecule has 21 heavy (non-hydrogen) atoms. The van der Waals surface area contributed by atoms with Crippen LogP contribution in [0.15, 0.2) is 34.5 Å². The average molecular weight is 324 g/mol. The summed E-state index contributed by atoms with van der Waals surface area (Å²) < 4.78 is 32.0. The Kier molecular flexibility index (Phi) is 3.97. The molecule has 1 heterocycles. The van der Waals surface area contributed by atoms with E-state index < -0.39 is 10.0 Å². The predicted octanol–water partition coefficient (Wildman–Crippen LogP) is 2.51. The molecule has 0 amide bonds. The lowest BCUT2D eigenvalue weighted by Gasteiger charge is -2.06. The van der Waals surface area contributed by atoms with Crippen molar-refractivity contribution in [3.8, 4) is 5.75 Å². The third-order valence-electron chi connectivity index (χ3n) is 3.31. The summed E-state index contributed by atoms with van der Waals surface area (Å²) in [4.78, 5) is 4.69. The lowest BCUT2D eigenvalue weighted by molar-refractivity contribution is 0.414. The van der Waals surface area contributed by atoms with Gasteiger partial charge in [-0.3, -0.25) is 0 Å². The highest BCUT2D eigenvalue weighted by Gasteiger charge is 2.26. The molecule has 0 unspecified atom stereocenters. The normalized spacial score (nSPS) is 15.1. The molecule has 0 atom stereocenters. The van der Waals surface area contributed by atoms with Gasteiger partial charge in [0.15, 0.2) is 0 Å². The first-order valence-electron chi connectivity index (χ1n) is 6.66. The van der Waals surface area contributed by atoms with Crippen LogP contribution in [0.2, 0.25) is 0 Å². The molecule has 1 saturated carbocycles. The summed E-state index contributed by atoms with van der Waals surface area (Å²) in [6.07, 6.45) is 2.40. The molecule has 1 N–H and O–H groups in total. The minimum absolute atomic E-state index is 0.220. The number of thiazole rings is 1. The number of benzene rings is 1. The summed E-state index contributed by atoms with van der Waals surface area (Å²) in [5.41, 5.74) is 0.777. The molecule has 1 aromatic heterocycles. The number of aromatic nitrogens is 1. The first-order chi connectivity index (χ1) is 10.1. The Labute approximate surface area is 128 Å². The Balaban J connectivity index is 1.66. The second-order valence-corrected chi connectivity index (χ2v) is 7.61. The van der Waals surface area contributed by atoms with Gasteiger partial charge in [-0.25, -0.2) is 18.1 Å². The van der Waals surface area contributed by atoms with Crippen LogP contribution in [0, 0.1) is 0 Å². The van der Waals surface area contributed by atoms with Gasteiger partial charge >= 0.3 is 0 Å². The van der Waals surface area contributed by atoms with E-state index in [2.05, 4.69) is 9.71 Å². The number of hydrogen-bond acceptors (Lipinski definition) is 5. The molecule has 5 nitrogen and oxygen atoms in total. The zero-order chi connectivity index (χ0) is 14.9. The van der Waals surface area contributed by atoms with Crippen molar-refractivity contribution < 1.29 is 13.2 Å². The SMILES string of the molecule is COc1ccc(S(=O)(=O)NCc2csc(C3CC3)n2)cc1. The van der Waals surface area contributed by atoms with Gasteiger partial charge in [0, 0.05) is 11.3 Å². The van der Waals surface area contributed by atoms with Crippen LogP contribution in [0.4, 0.5) is 0 Å². The maximum Gasteiger partial charge on any atom is 0.240 e. The highest BCUT2D eigenvalue weighted by Crippen LogP contribution is 2.41. The third kappa shape index (κ3) is 3.42. The predicted molar refractivity (Wildman–Crippen MR) is 81.1 cm³/mol. The van der Waals surface area contributed by atoms with Gasteiger partial charge in [0.25, 0.3) is 0 Å². The topological polar surface area (TPSA) is 68.3 Å². The number of rotatable bonds is 6. The first kappa shape index (κ1) is 14.5. The van der Waals surface area contributed by atoms with Gasteiger partial charge in [-0.15, -0.1) is 11.3 Å². The Hall–Kier alpha value is -1.44. The fraction of sp³-hybridized carbons (Fsp3) is 0.357. The molecule has 0 bridgehead atoms. The molecule has 112 valence electrons. The largest absolute Gasteiger partial charge is 0.497 e. The Morgan fingerprint density at radius 2 is 2.05 bits per heavy atom. The number of sulfonamides is 1. The molecule has 0 spiro atoms. The molecule has 2 aromatic rings. The number of methoxy groups -OCH3 is 1. The number of nitrogens with one attached hydrogen (secondary N) is 1. The van der Waals surface area contributed by atoms with Crippen molar-refractivity contribution in [2.24, 2.45) is 0 Å². The van der Waals surface area contributed by atoms with Crippen LogP contribution in [0.3, 0.4) is 0 Å². The van der Waals surface area contributed by atoms with E-state index in [1.165, 1.54) is 25.0 Å². The maximum absolute atomic E-state index is 12.2. The molecule has 1 aromatic carbocycles. The summed E-state index contributed by atoms with van der Waals surface area (Å²) in [7, 11) is -1.98. The average Bonchev–Trinajstić information content (AvgIpc) is 3.24. The smallest absolute Gasteiger partial charge is 0.240 e. The molecular weight excluding hydrogens is 308 g/mol. The second-order valence-electron chi connectivity index (χ2n) is 4.95. The summed E-state index contributed by atoms with van der Waals surface area (Å²) in [5, 5.41) is 3.04. The second kappa shape index (κ2) is 5.75. The van der Waals surface area contributed by atoms with E-state index in [-0.39, 0.29) is 11.4 Å². The highest BCUT2D eigenvalue weighted by atomic mass is 32.2. The van der Waals surface area contributed by atoms with Crippen LogP contribution in [0.1, 0.15) is 29.5 Å². The summed E-state index contributed by atoms with van der Waals surface area (Å²) in [6, 6.07) is 6.31. The molecule has 3 rings (SSSR count). The quantitative estimate of drug-likeness (QED) is 0.886. The van der Waals surface area contributed by atoms with Gasteiger partial charge in [0.1, 0.15) is 5.75 Å². The van der Waals surface area contributed by atoms with Crippen molar-refractivity contribution in [3.63, 3.8) is 0 Å². The number of nitrogens with zero attached hydrogens (tertiary/aromatic N) is 1. The van der Waals surface area contributed by atoms with Gasteiger partial charge in [-0.05, 0) is 37.1 Å². The summed E-state index contributed by atoms with van der Waals surface area (Å²) in [5.74, 6) is 1.23. The maximum atomic E-state index is 12.2. The number of hydrogen-bond donors (Lipinski definition) is 1. The first-order valence-corrected chi connectivity index (χ1v) is 9.03. The van der Waals surface area contributed by atoms with Crippen molar-refractivity contribution >= 4 is 21.4 Å². The van der Waals surface area contributed by atoms with Crippen LogP contribution >= 0.6 is 11.3 Å². The molecule has 0 aliphatic heterocycles. The number of ether oxygens (including phenoxy) is 1. The van der Waals surface area contributed by atoms with Crippen LogP contribution in [0.5, 0.6) is 5.75 Å². The minimum Gasteiger partial charge on any atom is -0.497 e. The minimum atomic E-state index is -3.52. The third-order valence-corrected chi connectivity index (χ3v) is 5.78. The van der Waals surface area contributed by atoms with E-state index in [9.17, 15) is 8.42 Å². The van der Waals surface area contributed by atoms with Crippen molar-refractivity contribution in [1.82, 2.24) is 9.71 Å². The monoisotopic (exact) mass is 324 g/mol.